The van der Waals surface area contributed by atoms with Gasteiger partial charge in [0.1, 0.15) is 0 Å². The molecule has 0 bridgehead atoms. The lowest BCUT2D eigenvalue weighted by Crippen LogP contribution is -2.25. The number of amides is 1. The van der Waals surface area contributed by atoms with Crippen LogP contribution in [0.1, 0.15) is 22.5 Å². The van der Waals surface area contributed by atoms with E-state index < -0.39 is 5.97 Å². The molecular formula is C17H17NO4. The largest absolute Gasteiger partial charge is 0.459 e. The van der Waals surface area contributed by atoms with Crippen LogP contribution < -0.4 is 0 Å². The van der Waals surface area contributed by atoms with E-state index in [4.69, 9.17) is 9.15 Å². The minimum atomic E-state index is -0.487. The summed E-state index contributed by atoms with van der Waals surface area (Å²) >= 11 is 0. The maximum atomic E-state index is 12.0. The van der Waals surface area contributed by atoms with Crippen LogP contribution in [-0.2, 0) is 16.1 Å². The molecule has 0 aliphatic carbocycles. The summed E-state index contributed by atoms with van der Waals surface area (Å²) in [7, 11) is 0. The van der Waals surface area contributed by atoms with E-state index in [0.29, 0.717) is 19.5 Å². The Morgan fingerprint density at radius 3 is 2.77 bits per heavy atom. The van der Waals surface area contributed by atoms with Gasteiger partial charge >= 0.3 is 5.97 Å². The topological polar surface area (TPSA) is 59.8 Å². The molecule has 0 N–H and O–H groups in total. The number of ether oxygens (including phenoxy) is 1. The predicted molar refractivity (Wildman–Crippen MR) is 79.0 cm³/mol. The van der Waals surface area contributed by atoms with E-state index in [0.717, 1.165) is 5.56 Å². The second-order valence-electron chi connectivity index (χ2n) is 5.41. The standard InChI is InChI=1S/C17H17NO4/c19-16-9-14(12-22-17(20)15-7-4-8-21-15)11-18(16)10-13-5-2-1-3-6-13/h1-8,14H,9-12H2. The van der Waals surface area contributed by atoms with Crippen LogP contribution in [0.25, 0.3) is 0 Å². The Labute approximate surface area is 128 Å². The highest BCUT2D eigenvalue weighted by molar-refractivity contribution is 5.86. The summed E-state index contributed by atoms with van der Waals surface area (Å²) in [6.07, 6.45) is 1.84. The summed E-state index contributed by atoms with van der Waals surface area (Å²) in [4.78, 5) is 25.5. The lowest BCUT2D eigenvalue weighted by molar-refractivity contribution is -0.128. The summed E-state index contributed by atoms with van der Waals surface area (Å²) in [5, 5.41) is 0. The number of hydrogen-bond donors (Lipinski definition) is 0. The number of likely N-dealkylation sites (tertiary alicyclic amines) is 1. The highest BCUT2D eigenvalue weighted by atomic mass is 16.5. The van der Waals surface area contributed by atoms with Crippen molar-refractivity contribution in [2.24, 2.45) is 5.92 Å². The maximum absolute atomic E-state index is 12.0. The van der Waals surface area contributed by atoms with Gasteiger partial charge in [0.05, 0.1) is 12.9 Å². The van der Waals surface area contributed by atoms with Crippen molar-refractivity contribution >= 4 is 11.9 Å². The van der Waals surface area contributed by atoms with Crippen molar-refractivity contribution in [2.75, 3.05) is 13.2 Å². The fourth-order valence-electron chi connectivity index (χ4n) is 2.58. The number of benzene rings is 1. The van der Waals surface area contributed by atoms with Crippen molar-refractivity contribution in [3.8, 4) is 0 Å². The average molecular weight is 299 g/mol. The summed E-state index contributed by atoms with van der Waals surface area (Å²) < 4.78 is 10.2. The Hall–Kier alpha value is -2.56. The minimum Gasteiger partial charge on any atom is -0.459 e. The van der Waals surface area contributed by atoms with Gasteiger partial charge in [-0.2, -0.15) is 0 Å². The quantitative estimate of drug-likeness (QED) is 0.796. The van der Waals surface area contributed by atoms with Gasteiger partial charge in [-0.15, -0.1) is 0 Å². The molecule has 0 spiro atoms. The smallest absolute Gasteiger partial charge is 0.374 e. The fraction of sp³-hybridized carbons (Fsp3) is 0.294. The van der Waals surface area contributed by atoms with Crippen LogP contribution in [0.5, 0.6) is 0 Å². The highest BCUT2D eigenvalue weighted by Gasteiger charge is 2.30. The van der Waals surface area contributed by atoms with E-state index in [1.54, 1.807) is 17.0 Å². The molecule has 1 aliphatic heterocycles. The number of furan rings is 1. The van der Waals surface area contributed by atoms with E-state index in [1.807, 2.05) is 30.3 Å². The lowest BCUT2D eigenvalue weighted by atomic mass is 10.1. The van der Waals surface area contributed by atoms with Crippen molar-refractivity contribution in [1.82, 2.24) is 4.90 Å². The van der Waals surface area contributed by atoms with Gasteiger partial charge < -0.3 is 14.1 Å². The zero-order valence-electron chi connectivity index (χ0n) is 12.1. The maximum Gasteiger partial charge on any atom is 0.374 e. The number of carbonyl (C=O) groups excluding carboxylic acids is 2. The summed E-state index contributed by atoms with van der Waals surface area (Å²) in [5.74, 6) is -0.164. The zero-order chi connectivity index (χ0) is 15.4. The molecule has 1 aromatic carbocycles. The summed E-state index contributed by atoms with van der Waals surface area (Å²) in [5.41, 5.74) is 1.10. The van der Waals surface area contributed by atoms with Crippen LogP contribution >= 0.6 is 0 Å². The molecule has 22 heavy (non-hydrogen) atoms. The third-order valence-electron chi connectivity index (χ3n) is 3.68. The molecule has 114 valence electrons. The van der Waals surface area contributed by atoms with Crippen LogP contribution in [0.15, 0.2) is 53.1 Å². The second kappa shape index (κ2) is 6.47. The summed E-state index contributed by atoms with van der Waals surface area (Å²) in [6.45, 7) is 1.44. The van der Waals surface area contributed by atoms with Gasteiger partial charge in [0.25, 0.3) is 0 Å². The fourth-order valence-corrected chi connectivity index (χ4v) is 2.58. The molecule has 1 atom stereocenters. The number of hydrogen-bond acceptors (Lipinski definition) is 4. The van der Waals surface area contributed by atoms with Gasteiger partial charge in [-0.1, -0.05) is 30.3 Å². The molecule has 2 heterocycles. The number of nitrogens with zero attached hydrogens (tertiary/aromatic N) is 1. The molecule has 1 aliphatic rings. The molecule has 0 radical (unpaired) electrons. The van der Waals surface area contributed by atoms with Gasteiger partial charge in [-0.3, -0.25) is 4.79 Å². The normalized spacial score (nSPS) is 17.7. The van der Waals surface area contributed by atoms with E-state index in [-0.39, 0.29) is 24.2 Å². The molecule has 1 unspecified atom stereocenters. The third kappa shape index (κ3) is 3.36. The van der Waals surface area contributed by atoms with Crippen molar-refractivity contribution < 1.29 is 18.7 Å². The van der Waals surface area contributed by atoms with E-state index >= 15 is 0 Å². The molecule has 5 heteroatoms. The molecule has 1 fully saturated rings. The Morgan fingerprint density at radius 2 is 2.05 bits per heavy atom. The minimum absolute atomic E-state index is 0.0372. The van der Waals surface area contributed by atoms with E-state index in [2.05, 4.69) is 0 Å². The van der Waals surface area contributed by atoms with Gasteiger partial charge in [-0.05, 0) is 17.7 Å². The van der Waals surface area contributed by atoms with Crippen LogP contribution in [0.2, 0.25) is 0 Å². The van der Waals surface area contributed by atoms with Crippen molar-refractivity contribution in [1.29, 1.82) is 0 Å². The molecule has 1 saturated heterocycles. The van der Waals surface area contributed by atoms with E-state index in [1.165, 1.54) is 6.26 Å². The predicted octanol–water partition coefficient (Wildman–Crippen LogP) is 2.49. The van der Waals surface area contributed by atoms with Crippen molar-refractivity contribution in [2.45, 2.75) is 13.0 Å². The van der Waals surface area contributed by atoms with Gasteiger partial charge in [0.2, 0.25) is 11.7 Å². The molecule has 2 aromatic rings. The molecule has 0 saturated carbocycles. The third-order valence-corrected chi connectivity index (χ3v) is 3.68. The summed E-state index contributed by atoms with van der Waals surface area (Å²) in [6, 6.07) is 13.1. The van der Waals surface area contributed by atoms with Crippen LogP contribution in [0, 0.1) is 5.92 Å². The first-order chi connectivity index (χ1) is 10.7. The molecule has 3 rings (SSSR count). The van der Waals surface area contributed by atoms with E-state index in [9.17, 15) is 9.59 Å². The van der Waals surface area contributed by atoms with Crippen LogP contribution in [-0.4, -0.2) is 29.9 Å². The Kier molecular flexibility index (Phi) is 4.23. The average Bonchev–Trinajstić information content (AvgIpc) is 3.17. The number of rotatable bonds is 5. The Bertz CT molecular complexity index is 636. The van der Waals surface area contributed by atoms with Crippen molar-refractivity contribution in [3.63, 3.8) is 0 Å². The van der Waals surface area contributed by atoms with Crippen LogP contribution in [0.4, 0.5) is 0 Å². The van der Waals surface area contributed by atoms with Crippen molar-refractivity contribution in [3.05, 3.63) is 60.1 Å². The first-order valence-electron chi connectivity index (χ1n) is 7.24. The lowest BCUT2D eigenvalue weighted by Gasteiger charge is -2.16. The van der Waals surface area contributed by atoms with Crippen LogP contribution in [0.3, 0.4) is 0 Å². The second-order valence-corrected chi connectivity index (χ2v) is 5.41. The van der Waals surface area contributed by atoms with Gasteiger partial charge in [0, 0.05) is 25.4 Å². The molecular weight excluding hydrogens is 282 g/mol. The van der Waals surface area contributed by atoms with Gasteiger partial charge in [0.15, 0.2) is 0 Å². The molecule has 1 amide bonds. The number of esters is 1. The van der Waals surface area contributed by atoms with Gasteiger partial charge in [-0.25, -0.2) is 4.79 Å². The zero-order valence-corrected chi connectivity index (χ0v) is 12.1. The molecule has 1 aromatic heterocycles. The SMILES string of the molecule is O=C(OCC1CC(=O)N(Cc2ccccc2)C1)c1ccco1. The monoisotopic (exact) mass is 299 g/mol. The highest BCUT2D eigenvalue weighted by Crippen LogP contribution is 2.21. The number of carbonyl (C=O) groups is 2. The Balaban J connectivity index is 1.50. The first kappa shape index (κ1) is 14.4. The Morgan fingerprint density at radius 1 is 1.23 bits per heavy atom. The first-order valence-corrected chi connectivity index (χ1v) is 7.24. The molecule has 5 nitrogen and oxygen atoms in total.